The van der Waals surface area contributed by atoms with E-state index < -0.39 is 18.5 Å². The molecule has 0 spiro atoms. The summed E-state index contributed by atoms with van der Waals surface area (Å²) in [5.74, 6) is 1.61. The average molecular weight is 521 g/mol. The molecule has 3 atom stereocenters. The number of hydrogen-bond acceptors (Lipinski definition) is 3. The summed E-state index contributed by atoms with van der Waals surface area (Å²) >= 11 is 6.60. The lowest BCUT2D eigenvalue weighted by Crippen LogP contribution is -2.61. The fourth-order valence-electron chi connectivity index (χ4n) is 6.68. The molecular formula is C26H28ClF3N4O2. The van der Waals surface area contributed by atoms with Crippen molar-refractivity contribution in [1.29, 1.82) is 0 Å². The molecule has 3 heterocycles. The average Bonchev–Trinajstić information content (AvgIpc) is 3.72. The van der Waals surface area contributed by atoms with Gasteiger partial charge in [0.15, 0.2) is 5.69 Å². The Morgan fingerprint density at radius 3 is 2.42 bits per heavy atom. The van der Waals surface area contributed by atoms with Gasteiger partial charge in [0.05, 0.1) is 28.7 Å². The lowest BCUT2D eigenvalue weighted by molar-refractivity contribution is -0.142. The Morgan fingerprint density at radius 1 is 1.06 bits per heavy atom. The van der Waals surface area contributed by atoms with Gasteiger partial charge in [0.25, 0.3) is 5.91 Å². The van der Waals surface area contributed by atoms with Gasteiger partial charge in [-0.25, -0.2) is 4.52 Å². The normalized spacial score (nSPS) is 30.3. The largest absolute Gasteiger partial charge is 0.394 e. The smallest absolute Gasteiger partial charge is 0.333 e. The van der Waals surface area contributed by atoms with Gasteiger partial charge in [-0.15, -0.1) is 0 Å². The highest BCUT2D eigenvalue weighted by Crippen LogP contribution is 2.54. The summed E-state index contributed by atoms with van der Waals surface area (Å²) in [6.07, 6.45) is 1.80. The number of aromatic nitrogens is 2. The number of rotatable bonds is 5. The van der Waals surface area contributed by atoms with Gasteiger partial charge in [-0.05, 0) is 86.3 Å². The standard InChI is InChI=1S/C26H28ClF3N4O2/c27-23-20-9-17(13-1-2-13)8-19(10-26(28,29)30)34(20)31-24(23)25(36)32-11-21(14-3-4-14)33(22(35)12-32)18-6-15-5-16(15)7-18/h8-9,13-16,18,21H,1-7,10-12H2. The van der Waals surface area contributed by atoms with E-state index in [1.807, 2.05) is 0 Å². The maximum Gasteiger partial charge on any atom is 0.394 e. The van der Waals surface area contributed by atoms with Crippen molar-refractivity contribution in [2.75, 3.05) is 13.1 Å². The Balaban J connectivity index is 1.20. The van der Waals surface area contributed by atoms with Gasteiger partial charge in [-0.3, -0.25) is 9.59 Å². The van der Waals surface area contributed by atoms with Gasteiger partial charge in [-0.1, -0.05) is 11.6 Å². The quantitative estimate of drug-likeness (QED) is 0.567. The van der Waals surface area contributed by atoms with E-state index in [0.717, 1.165) is 60.4 Å². The Labute approximate surface area is 211 Å². The lowest BCUT2D eigenvalue weighted by atomic mass is 10.00. The number of alkyl halides is 3. The Hall–Kier alpha value is -2.29. The summed E-state index contributed by atoms with van der Waals surface area (Å²) in [5.41, 5.74) is 1.01. The molecule has 6 nitrogen and oxygen atoms in total. The third-order valence-corrected chi connectivity index (χ3v) is 9.22. The van der Waals surface area contributed by atoms with E-state index in [0.29, 0.717) is 18.0 Å². The van der Waals surface area contributed by atoms with Gasteiger partial charge in [-0.2, -0.15) is 18.3 Å². The molecule has 5 aliphatic rings. The first-order valence-electron chi connectivity index (χ1n) is 13.0. The summed E-state index contributed by atoms with van der Waals surface area (Å²) in [6.45, 7) is 0.384. The molecule has 4 saturated carbocycles. The molecule has 5 fully saturated rings. The predicted octanol–water partition coefficient (Wildman–Crippen LogP) is 4.83. The minimum atomic E-state index is -4.42. The van der Waals surface area contributed by atoms with Crippen molar-refractivity contribution >= 4 is 28.9 Å². The molecule has 1 saturated heterocycles. The summed E-state index contributed by atoms with van der Waals surface area (Å²) in [7, 11) is 0. The van der Waals surface area contributed by atoms with E-state index in [-0.39, 0.29) is 46.9 Å². The van der Waals surface area contributed by atoms with Crippen LogP contribution in [0.25, 0.3) is 5.52 Å². The molecule has 0 radical (unpaired) electrons. The molecule has 36 heavy (non-hydrogen) atoms. The number of pyridine rings is 1. The predicted molar refractivity (Wildman–Crippen MR) is 126 cm³/mol. The number of hydrogen-bond donors (Lipinski definition) is 0. The maximum atomic E-state index is 13.6. The molecule has 10 heteroatoms. The maximum absolute atomic E-state index is 13.6. The topological polar surface area (TPSA) is 57.9 Å². The van der Waals surface area contributed by atoms with Gasteiger partial charge >= 0.3 is 6.18 Å². The molecule has 0 N–H and O–H groups in total. The summed E-state index contributed by atoms with van der Waals surface area (Å²) in [6, 6.07) is 3.56. The molecule has 1 aliphatic heterocycles. The Morgan fingerprint density at radius 2 is 1.78 bits per heavy atom. The van der Waals surface area contributed by atoms with Crippen LogP contribution < -0.4 is 0 Å². The molecule has 7 rings (SSSR count). The number of piperazine rings is 1. The van der Waals surface area contributed by atoms with Crippen LogP contribution in [0.2, 0.25) is 5.02 Å². The molecule has 0 bridgehead atoms. The molecule has 4 aliphatic carbocycles. The first-order valence-corrected chi connectivity index (χ1v) is 13.4. The first kappa shape index (κ1) is 22.9. The molecule has 2 aromatic heterocycles. The van der Waals surface area contributed by atoms with Crippen LogP contribution in [0.3, 0.4) is 0 Å². The second-order valence-corrected chi connectivity index (χ2v) is 12.0. The minimum Gasteiger partial charge on any atom is -0.333 e. The number of fused-ring (bicyclic) bond motifs is 2. The van der Waals surface area contributed by atoms with Crippen molar-refractivity contribution in [1.82, 2.24) is 19.4 Å². The van der Waals surface area contributed by atoms with Crippen LogP contribution in [0, 0.1) is 17.8 Å². The summed E-state index contributed by atoms with van der Waals surface area (Å²) < 4.78 is 41.2. The zero-order chi connectivity index (χ0) is 24.9. The minimum absolute atomic E-state index is 0.00392. The van der Waals surface area contributed by atoms with Crippen LogP contribution in [0.1, 0.15) is 72.6 Å². The number of carbonyl (C=O) groups is 2. The summed E-state index contributed by atoms with van der Waals surface area (Å²) in [5, 5.41) is 4.34. The molecule has 2 amide bonds. The molecular weight excluding hydrogens is 493 g/mol. The van der Waals surface area contributed by atoms with Gasteiger partial charge in [0, 0.05) is 12.6 Å². The lowest BCUT2D eigenvalue weighted by Gasteiger charge is -2.44. The Bertz CT molecular complexity index is 1260. The van der Waals surface area contributed by atoms with Crippen molar-refractivity contribution in [3.05, 3.63) is 34.1 Å². The van der Waals surface area contributed by atoms with Gasteiger partial charge in [0.1, 0.15) is 6.54 Å². The van der Waals surface area contributed by atoms with E-state index in [9.17, 15) is 22.8 Å². The highest BCUT2D eigenvalue weighted by molar-refractivity contribution is 6.36. The molecule has 0 aromatic carbocycles. The number of amides is 2. The number of nitrogens with zero attached hydrogens (tertiary/aromatic N) is 4. The Kier molecular flexibility index (Phi) is 4.99. The van der Waals surface area contributed by atoms with Gasteiger partial charge in [0.2, 0.25) is 5.91 Å². The molecule has 192 valence electrons. The van der Waals surface area contributed by atoms with Gasteiger partial charge < -0.3 is 9.80 Å². The molecule has 3 unspecified atom stereocenters. The monoisotopic (exact) mass is 520 g/mol. The van der Waals surface area contributed by atoms with Crippen LogP contribution >= 0.6 is 11.6 Å². The van der Waals surface area contributed by atoms with Crippen LogP contribution in [-0.4, -0.2) is 62.6 Å². The van der Waals surface area contributed by atoms with Crippen molar-refractivity contribution in [2.45, 2.75) is 75.5 Å². The number of carbonyl (C=O) groups excluding carboxylic acids is 2. The van der Waals surface area contributed by atoms with E-state index in [1.165, 1.54) is 17.4 Å². The SMILES string of the molecule is O=C(c1nn2c(CC(F)(F)F)cc(C3CC3)cc2c1Cl)N1CC(=O)N(C2CC3CC3C2)C(C2CC2)C1. The highest BCUT2D eigenvalue weighted by Gasteiger charge is 2.53. The van der Waals surface area contributed by atoms with Crippen LogP contribution in [0.4, 0.5) is 13.2 Å². The van der Waals surface area contributed by atoms with Crippen LogP contribution in [0.15, 0.2) is 12.1 Å². The van der Waals surface area contributed by atoms with Crippen molar-refractivity contribution in [3.63, 3.8) is 0 Å². The van der Waals surface area contributed by atoms with E-state index in [1.54, 1.807) is 6.07 Å². The van der Waals surface area contributed by atoms with E-state index in [2.05, 4.69) is 10.00 Å². The second kappa shape index (κ2) is 7.85. The van der Waals surface area contributed by atoms with E-state index in [4.69, 9.17) is 11.6 Å². The van der Waals surface area contributed by atoms with Crippen LogP contribution in [-0.2, 0) is 11.2 Å². The van der Waals surface area contributed by atoms with Crippen molar-refractivity contribution in [2.24, 2.45) is 17.8 Å². The third-order valence-electron chi connectivity index (χ3n) is 8.85. The number of halogens is 4. The van der Waals surface area contributed by atoms with Crippen molar-refractivity contribution in [3.8, 4) is 0 Å². The fourth-order valence-corrected chi connectivity index (χ4v) is 6.94. The fraction of sp³-hybridized carbons (Fsp3) is 0.654. The van der Waals surface area contributed by atoms with E-state index >= 15 is 0 Å². The highest BCUT2D eigenvalue weighted by atomic mass is 35.5. The zero-order valence-electron chi connectivity index (χ0n) is 19.8. The second-order valence-electron chi connectivity index (χ2n) is 11.6. The van der Waals surface area contributed by atoms with Crippen molar-refractivity contribution < 1.29 is 22.8 Å². The molecule has 2 aromatic rings. The third kappa shape index (κ3) is 3.98. The zero-order valence-corrected chi connectivity index (χ0v) is 20.6. The summed E-state index contributed by atoms with van der Waals surface area (Å²) in [4.78, 5) is 30.5. The first-order chi connectivity index (χ1) is 17.2. The van der Waals surface area contributed by atoms with Crippen LogP contribution in [0.5, 0.6) is 0 Å².